The molecule has 3 rings (SSSR count). The smallest absolute Gasteiger partial charge is 0.433 e. The highest BCUT2D eigenvalue weighted by Gasteiger charge is 2.33. The fraction of sp³-hybridized carbons (Fsp3) is 0.176. The normalized spacial score (nSPS) is 11.6. The number of fused-ring (bicyclic) bond motifs is 1. The molecule has 3 aromatic rings. The zero-order chi connectivity index (χ0) is 19.1. The van der Waals surface area contributed by atoms with Crippen LogP contribution < -0.4 is 15.6 Å². The van der Waals surface area contributed by atoms with E-state index in [2.05, 4.69) is 10.3 Å². The average molecular weight is 384 g/mol. The summed E-state index contributed by atoms with van der Waals surface area (Å²) in [5, 5.41) is 3.27. The van der Waals surface area contributed by atoms with E-state index in [1.165, 1.54) is 32.4 Å². The van der Waals surface area contributed by atoms with Crippen LogP contribution in [0.5, 0.6) is 5.75 Å². The van der Waals surface area contributed by atoms with Crippen molar-refractivity contribution >= 4 is 28.3 Å². The number of nitrogens with zero attached hydrogens (tertiary/aromatic N) is 2. The number of rotatable bonds is 3. The molecule has 136 valence electrons. The number of para-hydroxylation sites is 1. The van der Waals surface area contributed by atoms with Crippen LogP contribution in [0.2, 0.25) is 5.02 Å². The molecule has 0 saturated carbocycles. The van der Waals surface area contributed by atoms with Crippen LogP contribution in [-0.2, 0) is 6.18 Å². The molecule has 9 heteroatoms. The van der Waals surface area contributed by atoms with Crippen LogP contribution in [-0.4, -0.2) is 23.7 Å². The standard InChI is InChI=1S/C17H13ClF3N3O2/c1-22-13-9-7-8-12(17(19,20)21)23-15(9)24(16(25)14(13)26-2)11-6-4-3-5-10(11)18/h3-8,22H,1-2H3. The summed E-state index contributed by atoms with van der Waals surface area (Å²) < 4.78 is 45.6. The van der Waals surface area contributed by atoms with Crippen LogP contribution in [0.25, 0.3) is 16.7 Å². The lowest BCUT2D eigenvalue weighted by Crippen LogP contribution is -2.23. The third kappa shape index (κ3) is 2.86. The third-order valence-corrected chi connectivity index (χ3v) is 4.14. The van der Waals surface area contributed by atoms with E-state index in [4.69, 9.17) is 16.3 Å². The zero-order valence-electron chi connectivity index (χ0n) is 13.7. The molecule has 0 amide bonds. The molecule has 0 unspecified atom stereocenters. The topological polar surface area (TPSA) is 56.1 Å². The number of nitrogens with one attached hydrogen (secondary N) is 1. The van der Waals surface area contributed by atoms with Gasteiger partial charge in [-0.1, -0.05) is 23.7 Å². The number of halogens is 4. The van der Waals surface area contributed by atoms with E-state index in [0.29, 0.717) is 0 Å². The second-order valence-corrected chi connectivity index (χ2v) is 5.72. The first-order chi connectivity index (χ1) is 12.3. The summed E-state index contributed by atoms with van der Waals surface area (Å²) >= 11 is 6.16. The number of aromatic nitrogens is 2. The first-order valence-electron chi connectivity index (χ1n) is 7.43. The van der Waals surface area contributed by atoms with Gasteiger partial charge in [-0.2, -0.15) is 13.2 Å². The molecule has 1 aromatic carbocycles. The number of hydrogen-bond acceptors (Lipinski definition) is 4. The van der Waals surface area contributed by atoms with Gasteiger partial charge < -0.3 is 10.1 Å². The highest BCUT2D eigenvalue weighted by molar-refractivity contribution is 6.32. The van der Waals surface area contributed by atoms with Crippen molar-refractivity contribution in [3.05, 3.63) is 57.5 Å². The monoisotopic (exact) mass is 383 g/mol. The number of ether oxygens (including phenoxy) is 1. The van der Waals surface area contributed by atoms with Crippen LogP contribution >= 0.6 is 11.6 Å². The minimum Gasteiger partial charge on any atom is -0.490 e. The Bertz CT molecular complexity index is 1050. The number of benzene rings is 1. The molecule has 0 bridgehead atoms. The van der Waals surface area contributed by atoms with E-state index in [1.54, 1.807) is 12.1 Å². The van der Waals surface area contributed by atoms with Crippen LogP contribution in [0.1, 0.15) is 5.69 Å². The maximum Gasteiger partial charge on any atom is 0.433 e. The van der Waals surface area contributed by atoms with E-state index in [-0.39, 0.29) is 33.2 Å². The van der Waals surface area contributed by atoms with E-state index in [0.717, 1.165) is 10.6 Å². The summed E-state index contributed by atoms with van der Waals surface area (Å²) in [7, 11) is 2.84. The Labute approximate surface area is 151 Å². The van der Waals surface area contributed by atoms with Crippen LogP contribution in [0.4, 0.5) is 18.9 Å². The molecule has 5 nitrogen and oxygen atoms in total. The Morgan fingerprint density at radius 2 is 1.88 bits per heavy atom. The molecule has 0 aliphatic carbocycles. The third-order valence-electron chi connectivity index (χ3n) is 3.82. The minimum atomic E-state index is -4.66. The quantitative estimate of drug-likeness (QED) is 0.739. The number of anilines is 1. The predicted octanol–water partition coefficient (Wildman–Crippen LogP) is 4.11. The highest BCUT2D eigenvalue weighted by Crippen LogP contribution is 2.35. The first-order valence-corrected chi connectivity index (χ1v) is 7.81. The molecule has 0 aliphatic rings. The van der Waals surface area contributed by atoms with Crippen molar-refractivity contribution in [3.8, 4) is 11.4 Å². The van der Waals surface area contributed by atoms with E-state index in [1.807, 2.05) is 0 Å². The highest BCUT2D eigenvalue weighted by atomic mass is 35.5. The van der Waals surface area contributed by atoms with E-state index in [9.17, 15) is 18.0 Å². The van der Waals surface area contributed by atoms with Gasteiger partial charge in [-0.3, -0.25) is 9.36 Å². The van der Waals surface area contributed by atoms with Gasteiger partial charge in [0.05, 0.1) is 23.5 Å². The Morgan fingerprint density at radius 1 is 1.19 bits per heavy atom. The molecule has 0 atom stereocenters. The van der Waals surface area contributed by atoms with Crippen LogP contribution in [0, 0.1) is 0 Å². The largest absolute Gasteiger partial charge is 0.490 e. The molecule has 26 heavy (non-hydrogen) atoms. The maximum atomic E-state index is 13.1. The molecule has 0 saturated heterocycles. The van der Waals surface area contributed by atoms with Gasteiger partial charge in [-0.05, 0) is 24.3 Å². The number of alkyl halides is 3. The molecule has 2 aromatic heterocycles. The predicted molar refractivity (Wildman–Crippen MR) is 93.5 cm³/mol. The Kier molecular flexibility index (Phi) is 4.53. The Balaban J connectivity index is 2.54. The van der Waals surface area contributed by atoms with Gasteiger partial charge in [0.15, 0.2) is 0 Å². The van der Waals surface area contributed by atoms with Crippen molar-refractivity contribution in [2.24, 2.45) is 0 Å². The SMILES string of the molecule is CNc1c(OC)c(=O)n(-c2ccccc2Cl)c2nc(C(F)(F)F)ccc12. The molecule has 0 spiro atoms. The summed E-state index contributed by atoms with van der Waals surface area (Å²) in [6, 6.07) is 8.40. The molecule has 1 N–H and O–H groups in total. The summed E-state index contributed by atoms with van der Waals surface area (Å²) in [5.41, 5.74) is -1.52. The maximum absolute atomic E-state index is 13.1. The molecular formula is C17H13ClF3N3O2. The lowest BCUT2D eigenvalue weighted by atomic mass is 10.2. The number of methoxy groups -OCH3 is 1. The van der Waals surface area contributed by atoms with Gasteiger partial charge in [0.25, 0.3) is 0 Å². The fourth-order valence-corrected chi connectivity index (χ4v) is 2.91. The summed E-state index contributed by atoms with van der Waals surface area (Å²) in [6.07, 6.45) is -4.66. The average Bonchev–Trinajstić information content (AvgIpc) is 2.60. The first kappa shape index (κ1) is 18.1. The van der Waals surface area contributed by atoms with Gasteiger partial charge in [0.1, 0.15) is 11.3 Å². The lowest BCUT2D eigenvalue weighted by molar-refractivity contribution is -0.141. The minimum absolute atomic E-state index is 0.0542. The Morgan fingerprint density at radius 3 is 2.46 bits per heavy atom. The molecule has 0 radical (unpaired) electrons. The fourth-order valence-electron chi connectivity index (χ4n) is 2.69. The second kappa shape index (κ2) is 6.53. The van der Waals surface area contributed by atoms with Crippen molar-refractivity contribution < 1.29 is 17.9 Å². The van der Waals surface area contributed by atoms with Crippen molar-refractivity contribution in [1.29, 1.82) is 0 Å². The van der Waals surface area contributed by atoms with E-state index < -0.39 is 17.4 Å². The van der Waals surface area contributed by atoms with Crippen molar-refractivity contribution in [2.75, 3.05) is 19.5 Å². The number of hydrogen-bond donors (Lipinski definition) is 1. The molecule has 2 heterocycles. The van der Waals surface area contributed by atoms with Crippen molar-refractivity contribution in [2.45, 2.75) is 6.18 Å². The summed E-state index contributed by atoms with van der Waals surface area (Å²) in [4.78, 5) is 16.6. The summed E-state index contributed by atoms with van der Waals surface area (Å²) in [5.74, 6) is -0.0542. The zero-order valence-corrected chi connectivity index (χ0v) is 14.4. The molecule has 0 aliphatic heterocycles. The van der Waals surface area contributed by atoms with Crippen molar-refractivity contribution in [3.63, 3.8) is 0 Å². The van der Waals surface area contributed by atoms with Gasteiger partial charge in [-0.25, -0.2) is 4.98 Å². The summed E-state index contributed by atoms with van der Waals surface area (Å²) in [6.45, 7) is 0. The van der Waals surface area contributed by atoms with Crippen LogP contribution in [0.15, 0.2) is 41.2 Å². The second-order valence-electron chi connectivity index (χ2n) is 5.32. The lowest BCUT2D eigenvalue weighted by Gasteiger charge is -2.18. The van der Waals surface area contributed by atoms with Crippen molar-refractivity contribution in [1.82, 2.24) is 9.55 Å². The van der Waals surface area contributed by atoms with E-state index >= 15 is 0 Å². The van der Waals surface area contributed by atoms with Gasteiger partial charge in [0.2, 0.25) is 5.75 Å². The molecule has 0 fully saturated rings. The Hall–Kier alpha value is -2.74. The number of pyridine rings is 2. The van der Waals surface area contributed by atoms with Gasteiger partial charge in [0, 0.05) is 12.4 Å². The van der Waals surface area contributed by atoms with Gasteiger partial charge >= 0.3 is 11.7 Å². The van der Waals surface area contributed by atoms with Crippen LogP contribution in [0.3, 0.4) is 0 Å². The molecular weight excluding hydrogens is 371 g/mol. The van der Waals surface area contributed by atoms with Gasteiger partial charge in [-0.15, -0.1) is 0 Å².